The molecule has 0 spiro atoms. The van der Waals surface area contributed by atoms with Crippen LogP contribution in [0.3, 0.4) is 0 Å². The number of alkyl halides is 3. The van der Waals surface area contributed by atoms with Crippen LogP contribution in [0.5, 0.6) is 5.75 Å². The lowest BCUT2D eigenvalue weighted by atomic mass is 9.87. The molecular weight excluding hydrogens is 529 g/mol. The molecule has 212 valence electrons. The number of nitrogens with zero attached hydrogens (tertiary/aromatic N) is 3. The Morgan fingerprint density at radius 1 is 1.05 bits per heavy atom. The number of aliphatic hydroxyl groups is 1. The summed E-state index contributed by atoms with van der Waals surface area (Å²) in [5.74, 6) is 1.27. The van der Waals surface area contributed by atoms with Gasteiger partial charge in [-0.25, -0.2) is 9.97 Å². The van der Waals surface area contributed by atoms with Gasteiger partial charge in [0.25, 0.3) is 0 Å². The zero-order valence-electron chi connectivity index (χ0n) is 22.6. The van der Waals surface area contributed by atoms with Gasteiger partial charge in [-0.1, -0.05) is 54.6 Å². The van der Waals surface area contributed by atoms with Crippen molar-refractivity contribution >= 4 is 5.95 Å². The summed E-state index contributed by atoms with van der Waals surface area (Å²) in [6, 6.07) is 23.0. The molecule has 6 rings (SSSR count). The molecule has 1 unspecified atom stereocenters. The van der Waals surface area contributed by atoms with E-state index in [1.807, 2.05) is 48.5 Å². The highest BCUT2D eigenvalue weighted by molar-refractivity contribution is 5.72. The molecule has 3 atom stereocenters. The Morgan fingerprint density at radius 2 is 1.88 bits per heavy atom. The highest BCUT2D eigenvalue weighted by atomic mass is 19.4. The number of methoxy groups -OCH3 is 1. The summed E-state index contributed by atoms with van der Waals surface area (Å²) in [4.78, 5) is 9.79. The Kier molecular flexibility index (Phi) is 7.40. The largest absolute Gasteiger partial charge is 0.497 e. The number of hydrogen-bond donors (Lipinski definition) is 2. The van der Waals surface area contributed by atoms with E-state index in [0.29, 0.717) is 32.0 Å². The topological polar surface area (TPSA) is 70.5 Å². The Labute approximate surface area is 236 Å². The third-order valence-electron chi connectivity index (χ3n) is 8.08. The standard InChI is InChI=1S/C32H31F3N4O2/c1-41-23-9-5-8-21(16-23)24-11-10-22(18-37-30(40)27-17-26(27)20-6-3-2-4-7-20)28-19-39(15-13-25(24)28)31-36-14-12-29(38-31)32(33,34)35/h2-12,14,16,26-27,30,37,40H,13,15,17-19H2,1H3/t26-,27+,30?/m1/s1. The van der Waals surface area contributed by atoms with E-state index in [9.17, 15) is 18.3 Å². The molecule has 2 aliphatic rings. The van der Waals surface area contributed by atoms with E-state index in [2.05, 4.69) is 33.5 Å². The maximum Gasteiger partial charge on any atom is 0.433 e. The summed E-state index contributed by atoms with van der Waals surface area (Å²) in [7, 11) is 1.63. The van der Waals surface area contributed by atoms with Gasteiger partial charge in [0.05, 0.1) is 7.11 Å². The Balaban J connectivity index is 1.28. The van der Waals surface area contributed by atoms with E-state index in [-0.39, 0.29) is 11.9 Å². The van der Waals surface area contributed by atoms with Crippen LogP contribution in [0.15, 0.2) is 79.0 Å². The van der Waals surface area contributed by atoms with E-state index >= 15 is 0 Å². The number of rotatable bonds is 8. The van der Waals surface area contributed by atoms with E-state index in [1.165, 1.54) is 5.56 Å². The molecule has 1 saturated carbocycles. The molecular formula is C32H31F3N4O2. The van der Waals surface area contributed by atoms with Crippen molar-refractivity contribution in [2.24, 2.45) is 5.92 Å². The van der Waals surface area contributed by atoms with Crippen molar-refractivity contribution in [3.05, 3.63) is 107 Å². The maximum atomic E-state index is 13.4. The van der Waals surface area contributed by atoms with Gasteiger partial charge in [-0.05, 0) is 70.3 Å². The summed E-state index contributed by atoms with van der Waals surface area (Å²) in [5, 5.41) is 14.3. The molecule has 0 radical (unpaired) electrons. The molecule has 6 nitrogen and oxygen atoms in total. The van der Waals surface area contributed by atoms with Crippen molar-refractivity contribution in [1.82, 2.24) is 15.3 Å². The number of hydrogen-bond acceptors (Lipinski definition) is 6. The summed E-state index contributed by atoms with van der Waals surface area (Å²) >= 11 is 0. The van der Waals surface area contributed by atoms with Gasteiger partial charge in [0.2, 0.25) is 5.95 Å². The normalized spacial score (nSPS) is 19.0. The number of benzene rings is 3. The fourth-order valence-electron chi connectivity index (χ4n) is 5.81. The number of nitrogens with one attached hydrogen (secondary N) is 1. The highest BCUT2D eigenvalue weighted by Gasteiger charge is 2.43. The predicted octanol–water partition coefficient (Wildman–Crippen LogP) is 5.95. The first-order valence-corrected chi connectivity index (χ1v) is 13.7. The lowest BCUT2D eigenvalue weighted by Gasteiger charge is -2.32. The first kappa shape index (κ1) is 27.2. The quantitative estimate of drug-likeness (QED) is 0.260. The fourth-order valence-corrected chi connectivity index (χ4v) is 5.81. The minimum atomic E-state index is -4.55. The molecule has 0 bridgehead atoms. The molecule has 0 amide bonds. The average Bonchev–Trinajstić information content (AvgIpc) is 3.81. The monoisotopic (exact) mass is 560 g/mol. The van der Waals surface area contributed by atoms with E-state index in [0.717, 1.165) is 52.3 Å². The van der Waals surface area contributed by atoms with Crippen molar-refractivity contribution in [2.75, 3.05) is 18.6 Å². The Morgan fingerprint density at radius 3 is 2.66 bits per heavy atom. The zero-order chi connectivity index (χ0) is 28.6. The van der Waals surface area contributed by atoms with Gasteiger partial charge < -0.3 is 14.7 Å². The van der Waals surface area contributed by atoms with Crippen LogP contribution in [0.2, 0.25) is 0 Å². The second-order valence-electron chi connectivity index (χ2n) is 10.6. The number of halogens is 3. The second-order valence-corrected chi connectivity index (χ2v) is 10.6. The summed E-state index contributed by atoms with van der Waals surface area (Å²) < 4.78 is 45.6. The Hall–Kier alpha value is -3.95. The molecule has 4 aromatic rings. The third kappa shape index (κ3) is 5.78. The van der Waals surface area contributed by atoms with E-state index in [4.69, 9.17) is 4.74 Å². The molecule has 1 fully saturated rings. The average molecular weight is 561 g/mol. The zero-order valence-corrected chi connectivity index (χ0v) is 22.6. The van der Waals surface area contributed by atoms with Crippen molar-refractivity contribution < 1.29 is 23.0 Å². The van der Waals surface area contributed by atoms with Crippen LogP contribution < -0.4 is 15.0 Å². The minimum Gasteiger partial charge on any atom is -0.497 e. The summed E-state index contributed by atoms with van der Waals surface area (Å²) in [6.07, 6.45) is -2.52. The lowest BCUT2D eigenvalue weighted by Crippen LogP contribution is -2.35. The van der Waals surface area contributed by atoms with Gasteiger partial charge in [-0.15, -0.1) is 0 Å². The van der Waals surface area contributed by atoms with E-state index < -0.39 is 18.1 Å². The summed E-state index contributed by atoms with van der Waals surface area (Å²) in [6.45, 7) is 1.26. The van der Waals surface area contributed by atoms with E-state index in [1.54, 1.807) is 12.0 Å². The molecule has 1 aliphatic carbocycles. The molecule has 9 heteroatoms. The number of aromatic nitrogens is 2. The Bertz CT molecular complexity index is 1530. The number of ether oxygens (including phenoxy) is 1. The van der Waals surface area contributed by atoms with Crippen molar-refractivity contribution in [3.8, 4) is 16.9 Å². The maximum absolute atomic E-state index is 13.4. The predicted molar refractivity (Wildman–Crippen MR) is 150 cm³/mol. The fraction of sp³-hybridized carbons (Fsp3) is 0.312. The molecule has 3 aromatic carbocycles. The third-order valence-corrected chi connectivity index (χ3v) is 8.08. The molecule has 1 aromatic heterocycles. The number of anilines is 1. The van der Waals surface area contributed by atoms with Crippen LogP contribution in [0.25, 0.3) is 11.1 Å². The first-order valence-electron chi connectivity index (χ1n) is 13.7. The van der Waals surface area contributed by atoms with Crippen LogP contribution in [0.4, 0.5) is 19.1 Å². The van der Waals surface area contributed by atoms with Crippen LogP contribution >= 0.6 is 0 Å². The SMILES string of the molecule is COc1cccc(-c2ccc(CNC(O)[C@H]3C[C@@H]3c3ccccc3)c3c2CCN(c2nccc(C(F)(F)F)n2)C3)c1. The van der Waals surface area contributed by atoms with Crippen LogP contribution in [-0.4, -0.2) is 35.0 Å². The lowest BCUT2D eigenvalue weighted by molar-refractivity contribution is -0.141. The summed E-state index contributed by atoms with van der Waals surface area (Å²) in [5.41, 5.74) is 5.46. The van der Waals surface area contributed by atoms with Gasteiger partial charge in [0.1, 0.15) is 17.7 Å². The molecule has 0 saturated heterocycles. The van der Waals surface area contributed by atoms with Gasteiger partial charge in [-0.2, -0.15) is 13.2 Å². The van der Waals surface area contributed by atoms with Crippen LogP contribution in [-0.2, 0) is 25.7 Å². The van der Waals surface area contributed by atoms with Crippen molar-refractivity contribution in [2.45, 2.75) is 44.3 Å². The van der Waals surface area contributed by atoms with Crippen LogP contribution in [0, 0.1) is 5.92 Å². The number of fused-ring (bicyclic) bond motifs is 1. The van der Waals surface area contributed by atoms with Crippen molar-refractivity contribution in [1.29, 1.82) is 0 Å². The van der Waals surface area contributed by atoms with Gasteiger partial charge >= 0.3 is 6.18 Å². The molecule has 1 aliphatic heterocycles. The highest BCUT2D eigenvalue weighted by Crippen LogP contribution is 2.49. The molecule has 41 heavy (non-hydrogen) atoms. The smallest absolute Gasteiger partial charge is 0.433 e. The van der Waals surface area contributed by atoms with Gasteiger partial charge in [0.15, 0.2) is 0 Å². The van der Waals surface area contributed by atoms with Gasteiger partial charge in [-0.3, -0.25) is 5.32 Å². The second kappa shape index (κ2) is 11.1. The van der Waals surface area contributed by atoms with Crippen molar-refractivity contribution in [3.63, 3.8) is 0 Å². The van der Waals surface area contributed by atoms with Crippen LogP contribution in [0.1, 0.15) is 40.3 Å². The van der Waals surface area contributed by atoms with Gasteiger partial charge in [0, 0.05) is 31.7 Å². The molecule has 2 heterocycles. The minimum absolute atomic E-state index is 0.0554. The first-order chi connectivity index (χ1) is 19.8. The number of aliphatic hydroxyl groups excluding tert-OH is 1. The molecule has 2 N–H and O–H groups in total.